The molecule has 0 aliphatic carbocycles. The minimum atomic E-state index is -0.321. The minimum Gasteiger partial charge on any atom is -0.446 e. The summed E-state index contributed by atoms with van der Waals surface area (Å²) in [5, 5.41) is 2.83. The summed E-state index contributed by atoms with van der Waals surface area (Å²) in [5.74, 6) is 0.488. The molecule has 1 heterocycles. The van der Waals surface area contributed by atoms with Gasteiger partial charge >= 0.3 is 0 Å². The maximum absolute atomic E-state index is 12.4. The second-order valence-electron chi connectivity index (χ2n) is 7.38. The highest BCUT2D eigenvalue weighted by atomic mass is 16.3. The smallest absolute Gasteiger partial charge is 0.277 e. The number of hydrogen-bond donors (Lipinski definition) is 3. The maximum atomic E-state index is 12.4. The quantitative estimate of drug-likeness (QED) is 0.536. The molecule has 0 saturated heterocycles. The van der Waals surface area contributed by atoms with Crippen molar-refractivity contribution in [1.29, 1.82) is 0 Å². The topological polar surface area (TPSA) is 107 Å². The van der Waals surface area contributed by atoms with Crippen LogP contribution in [-0.2, 0) is 6.42 Å². The second kappa shape index (κ2) is 8.71. The van der Waals surface area contributed by atoms with Crippen molar-refractivity contribution in [2.24, 2.45) is 11.7 Å². The maximum Gasteiger partial charge on any atom is 0.277 e. The molecule has 28 heavy (non-hydrogen) atoms. The zero-order chi connectivity index (χ0) is 20.1. The first-order valence-electron chi connectivity index (χ1n) is 9.36. The van der Waals surface area contributed by atoms with Crippen molar-refractivity contribution in [3.05, 3.63) is 77.5 Å². The number of carbonyl (C=O) groups excluding carboxylic acids is 1. The lowest BCUT2D eigenvalue weighted by atomic mass is 10.0. The predicted molar refractivity (Wildman–Crippen MR) is 111 cm³/mol. The number of carbonyl (C=O) groups is 1. The Bertz CT molecular complexity index is 914. The van der Waals surface area contributed by atoms with Crippen molar-refractivity contribution in [1.82, 2.24) is 4.98 Å². The van der Waals surface area contributed by atoms with Crippen LogP contribution < -0.4 is 16.8 Å². The van der Waals surface area contributed by atoms with Crippen molar-refractivity contribution in [3.63, 3.8) is 0 Å². The molecule has 1 atom stereocenters. The number of hydrogen-bond acceptors (Lipinski definition) is 5. The average molecular weight is 378 g/mol. The van der Waals surface area contributed by atoms with Gasteiger partial charge in [0.05, 0.1) is 6.04 Å². The molecule has 146 valence electrons. The lowest BCUT2D eigenvalue weighted by Crippen LogP contribution is -2.15. The Hall–Kier alpha value is -3.12. The Labute approximate surface area is 165 Å². The van der Waals surface area contributed by atoms with E-state index in [0.29, 0.717) is 17.5 Å². The van der Waals surface area contributed by atoms with E-state index in [2.05, 4.69) is 24.1 Å². The van der Waals surface area contributed by atoms with E-state index in [4.69, 9.17) is 15.9 Å². The molecule has 6 nitrogen and oxygen atoms in total. The van der Waals surface area contributed by atoms with Gasteiger partial charge in [-0.05, 0) is 54.2 Å². The van der Waals surface area contributed by atoms with Crippen molar-refractivity contribution in [2.45, 2.75) is 32.7 Å². The first kappa shape index (κ1) is 19.6. The molecule has 6 heteroatoms. The molecule has 2 aromatic carbocycles. The van der Waals surface area contributed by atoms with Gasteiger partial charge in [-0.2, -0.15) is 0 Å². The molecule has 0 aliphatic rings. The highest BCUT2D eigenvalue weighted by Gasteiger charge is 2.18. The van der Waals surface area contributed by atoms with Crippen LogP contribution in [0.1, 0.15) is 53.8 Å². The fourth-order valence-electron chi connectivity index (χ4n) is 2.94. The summed E-state index contributed by atoms with van der Waals surface area (Å²) in [6.45, 7) is 4.15. The van der Waals surface area contributed by atoms with Crippen LogP contribution >= 0.6 is 0 Å². The van der Waals surface area contributed by atoms with Gasteiger partial charge in [-0.25, -0.2) is 4.98 Å². The van der Waals surface area contributed by atoms with Gasteiger partial charge in [0.1, 0.15) is 6.26 Å². The third-order valence-electron chi connectivity index (χ3n) is 4.40. The van der Waals surface area contributed by atoms with Crippen molar-refractivity contribution in [3.8, 4) is 0 Å². The molecule has 0 saturated carbocycles. The summed E-state index contributed by atoms with van der Waals surface area (Å²) in [6, 6.07) is 15.2. The van der Waals surface area contributed by atoms with E-state index in [1.165, 1.54) is 11.8 Å². The molecule has 1 unspecified atom stereocenters. The van der Waals surface area contributed by atoms with Gasteiger partial charge in [0.2, 0.25) is 5.89 Å². The average Bonchev–Trinajstić information content (AvgIpc) is 3.15. The summed E-state index contributed by atoms with van der Waals surface area (Å²) in [5.41, 5.74) is 15.8. The van der Waals surface area contributed by atoms with Gasteiger partial charge in [-0.15, -0.1) is 0 Å². The Morgan fingerprint density at radius 1 is 1.07 bits per heavy atom. The van der Waals surface area contributed by atoms with Gasteiger partial charge in [0.25, 0.3) is 5.91 Å². The Kier molecular flexibility index (Phi) is 6.11. The molecular weight excluding hydrogens is 352 g/mol. The Morgan fingerprint density at radius 3 is 2.29 bits per heavy atom. The number of rotatable bonds is 7. The number of amides is 1. The van der Waals surface area contributed by atoms with E-state index in [0.717, 1.165) is 24.1 Å². The summed E-state index contributed by atoms with van der Waals surface area (Å²) in [7, 11) is 0. The second-order valence-corrected chi connectivity index (χ2v) is 7.38. The van der Waals surface area contributed by atoms with Crippen molar-refractivity contribution >= 4 is 17.3 Å². The Morgan fingerprint density at radius 2 is 1.68 bits per heavy atom. The summed E-state index contributed by atoms with van der Waals surface area (Å²) >= 11 is 0. The first-order valence-corrected chi connectivity index (χ1v) is 9.36. The molecule has 0 spiro atoms. The third kappa shape index (κ3) is 5.20. The fraction of sp³-hybridized carbons (Fsp3) is 0.273. The van der Waals surface area contributed by atoms with Crippen molar-refractivity contribution < 1.29 is 9.21 Å². The van der Waals surface area contributed by atoms with Crippen LogP contribution in [-0.4, -0.2) is 10.9 Å². The largest absolute Gasteiger partial charge is 0.446 e. The number of aromatic nitrogens is 1. The van der Waals surface area contributed by atoms with Crippen LogP contribution in [0.4, 0.5) is 11.4 Å². The van der Waals surface area contributed by atoms with E-state index in [9.17, 15) is 4.79 Å². The van der Waals surface area contributed by atoms with Crippen LogP contribution in [0, 0.1) is 5.92 Å². The summed E-state index contributed by atoms with van der Waals surface area (Å²) < 4.78 is 5.37. The lowest BCUT2D eigenvalue weighted by molar-refractivity contribution is 0.102. The van der Waals surface area contributed by atoms with Gasteiger partial charge in [0.15, 0.2) is 5.69 Å². The first-order chi connectivity index (χ1) is 13.4. The molecule has 3 aromatic rings. The number of anilines is 2. The van der Waals surface area contributed by atoms with Gasteiger partial charge in [-0.3, -0.25) is 4.79 Å². The van der Waals surface area contributed by atoms with E-state index in [1.54, 1.807) is 0 Å². The molecule has 1 amide bonds. The normalized spacial score (nSPS) is 12.1. The number of nitrogen functional groups attached to an aromatic ring is 1. The highest BCUT2D eigenvalue weighted by molar-refractivity contribution is 6.02. The van der Waals surface area contributed by atoms with Crippen LogP contribution in [0.2, 0.25) is 0 Å². The standard InChI is InChI=1S/C22H26N4O2/c1-14(2)11-19(24)22-26-20(13-28-22)21(27)25-18-9-5-16(6-10-18)12-15-3-7-17(23)8-4-15/h3-10,13-14,19H,11-12,23-24H2,1-2H3,(H,25,27). The lowest BCUT2D eigenvalue weighted by Gasteiger charge is -2.09. The Balaban J connectivity index is 1.60. The van der Waals surface area contributed by atoms with Gasteiger partial charge in [-0.1, -0.05) is 38.1 Å². The summed E-state index contributed by atoms with van der Waals surface area (Å²) in [4.78, 5) is 16.6. The highest BCUT2D eigenvalue weighted by Crippen LogP contribution is 2.19. The van der Waals surface area contributed by atoms with Crippen LogP contribution in [0.3, 0.4) is 0 Å². The zero-order valence-corrected chi connectivity index (χ0v) is 16.2. The van der Waals surface area contributed by atoms with E-state index >= 15 is 0 Å². The fourth-order valence-corrected chi connectivity index (χ4v) is 2.94. The van der Waals surface area contributed by atoms with Crippen LogP contribution in [0.5, 0.6) is 0 Å². The number of oxazole rings is 1. The number of nitrogens with one attached hydrogen (secondary N) is 1. The molecule has 0 fully saturated rings. The SMILES string of the molecule is CC(C)CC(N)c1nc(C(=O)Nc2ccc(Cc3ccc(N)cc3)cc2)co1. The van der Waals surface area contributed by atoms with Gasteiger partial charge < -0.3 is 21.2 Å². The molecule has 3 rings (SSSR count). The predicted octanol–water partition coefficient (Wildman–Crippen LogP) is 4.15. The van der Waals surface area contributed by atoms with Gasteiger partial charge in [0, 0.05) is 11.4 Å². The minimum absolute atomic E-state index is 0.222. The number of nitrogens with zero attached hydrogens (tertiary/aromatic N) is 1. The molecule has 5 N–H and O–H groups in total. The third-order valence-corrected chi connectivity index (χ3v) is 4.40. The monoisotopic (exact) mass is 378 g/mol. The van der Waals surface area contributed by atoms with E-state index in [1.807, 2.05) is 48.5 Å². The van der Waals surface area contributed by atoms with Crippen LogP contribution in [0.25, 0.3) is 0 Å². The summed E-state index contributed by atoms with van der Waals surface area (Å²) in [6.07, 6.45) is 2.90. The van der Waals surface area contributed by atoms with E-state index < -0.39 is 0 Å². The number of nitrogens with two attached hydrogens (primary N) is 2. The van der Waals surface area contributed by atoms with Crippen LogP contribution in [0.15, 0.2) is 59.2 Å². The molecule has 0 bridgehead atoms. The molecular formula is C22H26N4O2. The number of benzene rings is 2. The molecule has 1 aromatic heterocycles. The molecule has 0 aliphatic heterocycles. The van der Waals surface area contributed by atoms with E-state index in [-0.39, 0.29) is 17.6 Å². The zero-order valence-electron chi connectivity index (χ0n) is 16.2. The molecule has 0 radical (unpaired) electrons. The van der Waals surface area contributed by atoms with Crippen molar-refractivity contribution in [2.75, 3.05) is 11.1 Å².